The van der Waals surface area contributed by atoms with Gasteiger partial charge in [0.2, 0.25) is 0 Å². The molecule has 0 heteroatoms. The summed E-state index contributed by atoms with van der Waals surface area (Å²) in [6.45, 7) is 4.76. The molecule has 0 radical (unpaired) electrons. The van der Waals surface area contributed by atoms with Crippen molar-refractivity contribution in [2.45, 2.75) is 45.4 Å². The SMILES string of the molecule is C#Cc1ccc(C2CCC(C)(C)CC2)cc1. The fourth-order valence-electron chi connectivity index (χ4n) is 2.58. The van der Waals surface area contributed by atoms with E-state index in [0.717, 1.165) is 11.5 Å². The molecule has 2 rings (SSSR count). The van der Waals surface area contributed by atoms with Gasteiger partial charge in [-0.25, -0.2) is 0 Å². The Morgan fingerprint density at radius 3 is 2.19 bits per heavy atom. The standard InChI is InChI=1S/C16H20/c1-4-13-5-7-14(8-6-13)15-9-11-16(2,3)12-10-15/h1,5-8,15H,9-12H2,2-3H3. The Balaban J connectivity index is 2.06. The van der Waals surface area contributed by atoms with Crippen molar-refractivity contribution in [3.63, 3.8) is 0 Å². The summed E-state index contributed by atoms with van der Waals surface area (Å²) in [6, 6.07) is 8.54. The molecule has 1 fully saturated rings. The first kappa shape index (κ1) is 11.3. The predicted molar refractivity (Wildman–Crippen MR) is 69.4 cm³/mol. The van der Waals surface area contributed by atoms with Crippen LogP contribution in [0.25, 0.3) is 0 Å². The van der Waals surface area contributed by atoms with E-state index in [4.69, 9.17) is 6.42 Å². The van der Waals surface area contributed by atoms with Gasteiger partial charge < -0.3 is 0 Å². The van der Waals surface area contributed by atoms with Crippen molar-refractivity contribution in [3.05, 3.63) is 35.4 Å². The van der Waals surface area contributed by atoms with Crippen molar-refractivity contribution in [2.24, 2.45) is 5.41 Å². The van der Waals surface area contributed by atoms with Gasteiger partial charge in [-0.2, -0.15) is 0 Å². The first-order chi connectivity index (χ1) is 7.61. The highest BCUT2D eigenvalue weighted by atomic mass is 14.3. The van der Waals surface area contributed by atoms with Crippen LogP contribution in [0.3, 0.4) is 0 Å². The zero-order chi connectivity index (χ0) is 11.6. The molecular weight excluding hydrogens is 192 g/mol. The first-order valence-corrected chi connectivity index (χ1v) is 6.17. The molecule has 0 aliphatic heterocycles. The second-order valence-corrected chi connectivity index (χ2v) is 5.70. The van der Waals surface area contributed by atoms with Gasteiger partial charge in [0.25, 0.3) is 0 Å². The van der Waals surface area contributed by atoms with Gasteiger partial charge in [0, 0.05) is 5.56 Å². The Hall–Kier alpha value is -1.22. The maximum atomic E-state index is 5.36. The Labute approximate surface area is 99.1 Å². The average Bonchev–Trinajstić information content (AvgIpc) is 2.29. The third-order valence-electron chi connectivity index (χ3n) is 3.89. The molecule has 0 amide bonds. The third kappa shape index (κ3) is 2.47. The van der Waals surface area contributed by atoms with Crippen molar-refractivity contribution in [3.8, 4) is 12.3 Å². The second kappa shape index (κ2) is 4.34. The molecule has 1 saturated carbocycles. The molecule has 0 aromatic heterocycles. The Morgan fingerprint density at radius 2 is 1.69 bits per heavy atom. The average molecular weight is 212 g/mol. The molecule has 1 aliphatic carbocycles. The summed E-state index contributed by atoms with van der Waals surface area (Å²) in [5, 5.41) is 0. The predicted octanol–water partition coefficient (Wildman–Crippen LogP) is 4.35. The van der Waals surface area contributed by atoms with Gasteiger partial charge in [-0.3, -0.25) is 0 Å². The Bertz CT molecular complexity index is 379. The number of terminal acetylenes is 1. The molecule has 0 heterocycles. The van der Waals surface area contributed by atoms with E-state index in [-0.39, 0.29) is 0 Å². The molecule has 0 atom stereocenters. The zero-order valence-corrected chi connectivity index (χ0v) is 10.3. The molecule has 0 bridgehead atoms. The van der Waals surface area contributed by atoms with Gasteiger partial charge in [0.05, 0.1) is 0 Å². The molecule has 1 aromatic carbocycles. The molecular formula is C16H20. The summed E-state index contributed by atoms with van der Waals surface area (Å²) in [7, 11) is 0. The van der Waals surface area contributed by atoms with E-state index in [2.05, 4.69) is 44.0 Å². The van der Waals surface area contributed by atoms with E-state index in [1.54, 1.807) is 0 Å². The Kier molecular flexibility index (Phi) is 3.06. The maximum Gasteiger partial charge on any atom is 0.0242 e. The monoisotopic (exact) mass is 212 g/mol. The minimum Gasteiger partial charge on any atom is -0.115 e. The zero-order valence-electron chi connectivity index (χ0n) is 10.3. The molecule has 0 unspecified atom stereocenters. The highest BCUT2D eigenvalue weighted by molar-refractivity contribution is 5.35. The fourth-order valence-corrected chi connectivity index (χ4v) is 2.58. The van der Waals surface area contributed by atoms with E-state index in [1.807, 2.05) is 0 Å². The quantitative estimate of drug-likeness (QED) is 0.607. The largest absolute Gasteiger partial charge is 0.115 e. The third-order valence-corrected chi connectivity index (χ3v) is 3.89. The molecule has 0 spiro atoms. The minimum atomic E-state index is 0.551. The van der Waals surface area contributed by atoms with Crippen molar-refractivity contribution >= 4 is 0 Å². The number of hydrogen-bond donors (Lipinski definition) is 0. The topological polar surface area (TPSA) is 0 Å². The minimum absolute atomic E-state index is 0.551. The van der Waals surface area contributed by atoms with E-state index in [9.17, 15) is 0 Å². The second-order valence-electron chi connectivity index (χ2n) is 5.70. The van der Waals surface area contributed by atoms with Crippen LogP contribution in [0.4, 0.5) is 0 Å². The van der Waals surface area contributed by atoms with Gasteiger partial charge >= 0.3 is 0 Å². The number of rotatable bonds is 1. The summed E-state index contributed by atoms with van der Waals surface area (Å²) in [5.41, 5.74) is 3.00. The van der Waals surface area contributed by atoms with Crippen LogP contribution in [-0.4, -0.2) is 0 Å². The van der Waals surface area contributed by atoms with Gasteiger partial charge in [-0.1, -0.05) is 31.9 Å². The van der Waals surface area contributed by atoms with Gasteiger partial charge in [0.1, 0.15) is 0 Å². The van der Waals surface area contributed by atoms with Gasteiger partial charge in [-0.05, 0) is 54.7 Å². The summed E-state index contributed by atoms with van der Waals surface area (Å²) >= 11 is 0. The maximum absolute atomic E-state index is 5.36. The lowest BCUT2D eigenvalue weighted by Gasteiger charge is -2.34. The van der Waals surface area contributed by atoms with E-state index < -0.39 is 0 Å². The van der Waals surface area contributed by atoms with Crippen LogP contribution in [0.2, 0.25) is 0 Å². The van der Waals surface area contributed by atoms with Crippen molar-refractivity contribution in [1.29, 1.82) is 0 Å². The number of benzene rings is 1. The lowest BCUT2D eigenvalue weighted by atomic mass is 9.71. The lowest BCUT2D eigenvalue weighted by molar-refractivity contribution is 0.224. The highest BCUT2D eigenvalue weighted by Gasteiger charge is 2.27. The van der Waals surface area contributed by atoms with Crippen LogP contribution >= 0.6 is 0 Å². The molecule has 0 N–H and O–H groups in total. The summed E-state index contributed by atoms with van der Waals surface area (Å²) in [5.74, 6) is 3.42. The summed E-state index contributed by atoms with van der Waals surface area (Å²) in [4.78, 5) is 0. The normalized spacial score (nSPS) is 20.3. The molecule has 0 nitrogen and oxygen atoms in total. The van der Waals surface area contributed by atoms with Gasteiger partial charge in [-0.15, -0.1) is 6.42 Å². The van der Waals surface area contributed by atoms with Crippen LogP contribution < -0.4 is 0 Å². The summed E-state index contributed by atoms with van der Waals surface area (Å²) < 4.78 is 0. The first-order valence-electron chi connectivity index (χ1n) is 6.17. The fraction of sp³-hybridized carbons (Fsp3) is 0.500. The molecule has 1 aromatic rings. The van der Waals surface area contributed by atoms with Crippen LogP contribution in [0.1, 0.15) is 56.6 Å². The summed E-state index contributed by atoms with van der Waals surface area (Å²) in [6.07, 6.45) is 10.7. The van der Waals surface area contributed by atoms with Crippen LogP contribution in [0.15, 0.2) is 24.3 Å². The van der Waals surface area contributed by atoms with Crippen molar-refractivity contribution < 1.29 is 0 Å². The Morgan fingerprint density at radius 1 is 1.12 bits per heavy atom. The molecule has 1 aliphatic rings. The smallest absolute Gasteiger partial charge is 0.0242 e. The van der Waals surface area contributed by atoms with Crippen LogP contribution in [0, 0.1) is 17.8 Å². The van der Waals surface area contributed by atoms with Gasteiger partial charge in [0.15, 0.2) is 0 Å². The molecule has 16 heavy (non-hydrogen) atoms. The highest BCUT2D eigenvalue weighted by Crippen LogP contribution is 2.42. The molecule has 0 saturated heterocycles. The van der Waals surface area contributed by atoms with Crippen LogP contribution in [-0.2, 0) is 0 Å². The van der Waals surface area contributed by atoms with E-state index >= 15 is 0 Å². The van der Waals surface area contributed by atoms with Crippen LogP contribution in [0.5, 0.6) is 0 Å². The van der Waals surface area contributed by atoms with Crippen molar-refractivity contribution in [1.82, 2.24) is 0 Å². The van der Waals surface area contributed by atoms with E-state index in [1.165, 1.54) is 31.2 Å². The lowest BCUT2D eigenvalue weighted by Crippen LogP contribution is -2.20. The number of hydrogen-bond acceptors (Lipinski definition) is 0. The van der Waals surface area contributed by atoms with Crippen molar-refractivity contribution in [2.75, 3.05) is 0 Å². The van der Waals surface area contributed by atoms with E-state index in [0.29, 0.717) is 5.41 Å². The molecule has 84 valence electrons.